The summed E-state index contributed by atoms with van der Waals surface area (Å²) in [6.45, 7) is 0. The summed E-state index contributed by atoms with van der Waals surface area (Å²) in [5.41, 5.74) is 2.78. The van der Waals surface area contributed by atoms with Crippen molar-refractivity contribution in [2.45, 2.75) is 12.1 Å². The van der Waals surface area contributed by atoms with Crippen LogP contribution < -0.4 is 15.0 Å². The maximum atomic E-state index is 12.4. The quantitative estimate of drug-likeness (QED) is 0.171. The lowest BCUT2D eigenvalue weighted by Crippen LogP contribution is -2.29. The predicted molar refractivity (Wildman–Crippen MR) is 156 cm³/mol. The number of para-hydroxylation sites is 1. The molecule has 0 spiro atoms. The van der Waals surface area contributed by atoms with Crippen LogP contribution >= 0.6 is 12.2 Å². The Morgan fingerprint density at radius 1 is 0.875 bits per heavy atom. The number of rotatable bonds is 7. The lowest BCUT2D eigenvalue weighted by atomic mass is 10.0. The average Bonchev–Trinajstić information content (AvgIpc) is 3.63. The number of aromatic nitrogens is 1. The van der Waals surface area contributed by atoms with Crippen LogP contribution in [0, 0.1) is 0 Å². The van der Waals surface area contributed by atoms with Crippen LogP contribution in [0.25, 0.3) is 11.3 Å². The van der Waals surface area contributed by atoms with E-state index < -0.39 is 5.97 Å². The highest BCUT2D eigenvalue weighted by atomic mass is 32.1. The van der Waals surface area contributed by atoms with Gasteiger partial charge in [-0.2, -0.15) is 0 Å². The smallest absolute Gasteiger partial charge is 0.338 e. The first-order valence-electron chi connectivity index (χ1n) is 12.7. The molecular weight excluding hydrogens is 522 g/mol. The number of hydrogen-bond acceptors (Lipinski definition) is 6. The third-order valence-electron chi connectivity index (χ3n) is 6.71. The molecule has 40 heavy (non-hydrogen) atoms. The van der Waals surface area contributed by atoms with Gasteiger partial charge in [-0.3, -0.25) is 4.98 Å². The number of carbonyl (C=O) groups excluding carboxylic acids is 1. The lowest BCUT2D eigenvalue weighted by molar-refractivity contribution is 0.0601. The first-order chi connectivity index (χ1) is 19.6. The Balaban J connectivity index is 1.37. The molecule has 0 radical (unpaired) electrons. The molecule has 7 nitrogen and oxygen atoms in total. The molecule has 0 amide bonds. The second-order valence-electron chi connectivity index (χ2n) is 9.14. The Hall–Kier alpha value is -4.95. The maximum absolute atomic E-state index is 12.4. The third-order valence-corrected chi connectivity index (χ3v) is 7.02. The second-order valence-corrected chi connectivity index (χ2v) is 9.53. The zero-order valence-electron chi connectivity index (χ0n) is 21.6. The Bertz CT molecular complexity index is 1640. The van der Waals surface area contributed by atoms with Crippen LogP contribution in [0.1, 0.15) is 33.9 Å². The van der Waals surface area contributed by atoms with E-state index in [-0.39, 0.29) is 12.1 Å². The summed E-state index contributed by atoms with van der Waals surface area (Å²) in [5.74, 6) is 2.27. The van der Waals surface area contributed by atoms with Gasteiger partial charge in [0.1, 0.15) is 29.1 Å². The molecule has 1 saturated heterocycles. The number of anilines is 1. The van der Waals surface area contributed by atoms with Gasteiger partial charge in [-0.05, 0) is 78.9 Å². The van der Waals surface area contributed by atoms with Gasteiger partial charge in [0.15, 0.2) is 5.11 Å². The fourth-order valence-electron chi connectivity index (χ4n) is 4.86. The number of thiocarbonyl (C=S) groups is 1. The van der Waals surface area contributed by atoms with Gasteiger partial charge in [0, 0.05) is 17.4 Å². The summed E-state index contributed by atoms with van der Waals surface area (Å²) in [6.07, 6.45) is 1.76. The van der Waals surface area contributed by atoms with Crippen LogP contribution in [0.15, 0.2) is 120 Å². The summed E-state index contributed by atoms with van der Waals surface area (Å²) in [7, 11) is 1.36. The van der Waals surface area contributed by atoms with Crippen molar-refractivity contribution in [3.63, 3.8) is 0 Å². The van der Waals surface area contributed by atoms with Crippen molar-refractivity contribution in [3.8, 4) is 22.8 Å². The van der Waals surface area contributed by atoms with E-state index in [0.717, 1.165) is 17.1 Å². The Morgan fingerprint density at radius 3 is 2.35 bits per heavy atom. The van der Waals surface area contributed by atoms with Crippen molar-refractivity contribution in [2.75, 3.05) is 12.0 Å². The van der Waals surface area contributed by atoms with Crippen molar-refractivity contribution < 1.29 is 18.7 Å². The van der Waals surface area contributed by atoms with Crippen molar-refractivity contribution in [3.05, 3.63) is 132 Å². The van der Waals surface area contributed by atoms with Crippen LogP contribution in [0.2, 0.25) is 0 Å². The number of benzene rings is 3. The minimum absolute atomic E-state index is 0.274. The SMILES string of the molecule is COC(=O)c1ccccc1-c1ccc(C2C(c3ccccn3)NC(=S)N2c2ccc(Oc3ccccc3)cc2)o1. The van der Waals surface area contributed by atoms with E-state index >= 15 is 0 Å². The standard InChI is InChI=1S/C32H25N3O4S/c1-37-31(36)25-12-6-5-11-24(25)27-18-19-28(39-27)30-29(26-13-7-8-20-33-26)34-32(40)35(30)21-14-16-23(17-15-21)38-22-9-3-2-4-10-22/h2-20,29-30H,1H3,(H,34,40). The van der Waals surface area contributed by atoms with Gasteiger partial charge in [0.25, 0.3) is 0 Å². The molecule has 0 saturated carbocycles. The second kappa shape index (κ2) is 11.0. The molecule has 2 atom stereocenters. The van der Waals surface area contributed by atoms with Crippen LogP contribution in [0.5, 0.6) is 11.5 Å². The molecule has 1 aliphatic heterocycles. The number of nitrogens with zero attached hydrogens (tertiary/aromatic N) is 2. The monoisotopic (exact) mass is 547 g/mol. The maximum Gasteiger partial charge on any atom is 0.338 e. The van der Waals surface area contributed by atoms with Crippen molar-refractivity contribution >= 4 is 29.0 Å². The van der Waals surface area contributed by atoms with Gasteiger partial charge >= 0.3 is 5.97 Å². The number of esters is 1. The van der Waals surface area contributed by atoms with E-state index in [9.17, 15) is 4.79 Å². The van der Waals surface area contributed by atoms with Gasteiger partial charge in [0.05, 0.1) is 24.4 Å². The van der Waals surface area contributed by atoms with E-state index in [1.165, 1.54) is 7.11 Å². The molecule has 1 fully saturated rings. The number of pyridine rings is 1. The zero-order chi connectivity index (χ0) is 27.5. The highest BCUT2D eigenvalue weighted by Gasteiger charge is 2.42. The highest BCUT2D eigenvalue weighted by molar-refractivity contribution is 7.80. The summed E-state index contributed by atoms with van der Waals surface area (Å²) in [6, 6.07) is 33.6. The fourth-order valence-corrected chi connectivity index (χ4v) is 5.21. The highest BCUT2D eigenvalue weighted by Crippen LogP contribution is 2.43. The molecule has 1 aliphatic rings. The molecular formula is C32H25N3O4S. The average molecular weight is 548 g/mol. The van der Waals surface area contributed by atoms with Crippen LogP contribution in [0.3, 0.4) is 0 Å². The van der Waals surface area contributed by atoms with Crippen LogP contribution in [-0.4, -0.2) is 23.2 Å². The van der Waals surface area contributed by atoms with Crippen molar-refractivity contribution in [1.82, 2.24) is 10.3 Å². The first kappa shape index (κ1) is 25.3. The van der Waals surface area contributed by atoms with Gasteiger partial charge in [-0.25, -0.2) is 4.79 Å². The van der Waals surface area contributed by atoms with E-state index in [4.69, 9.17) is 26.1 Å². The minimum Gasteiger partial charge on any atom is -0.465 e. The fraction of sp³-hybridized carbons (Fsp3) is 0.0938. The first-order valence-corrected chi connectivity index (χ1v) is 13.1. The number of ether oxygens (including phenoxy) is 2. The Labute approximate surface area is 237 Å². The summed E-state index contributed by atoms with van der Waals surface area (Å²) < 4.78 is 17.4. The van der Waals surface area contributed by atoms with E-state index in [2.05, 4.69) is 10.3 Å². The number of methoxy groups -OCH3 is 1. The van der Waals surface area contributed by atoms with E-state index in [1.807, 2.05) is 102 Å². The summed E-state index contributed by atoms with van der Waals surface area (Å²) in [5, 5.41) is 3.99. The Kier molecular flexibility index (Phi) is 6.99. The number of furan rings is 1. The lowest BCUT2D eigenvalue weighted by Gasteiger charge is -2.26. The molecule has 3 aromatic carbocycles. The van der Waals surface area contributed by atoms with Crippen LogP contribution in [0.4, 0.5) is 5.69 Å². The molecule has 8 heteroatoms. The molecule has 0 aliphatic carbocycles. The Morgan fingerprint density at radius 2 is 1.60 bits per heavy atom. The normalized spacial score (nSPS) is 16.4. The third kappa shape index (κ3) is 4.92. The van der Waals surface area contributed by atoms with Gasteiger partial charge in [0.2, 0.25) is 0 Å². The number of nitrogens with one attached hydrogen (secondary N) is 1. The number of hydrogen-bond donors (Lipinski definition) is 1. The van der Waals surface area contributed by atoms with Crippen LogP contribution in [-0.2, 0) is 4.74 Å². The molecule has 1 N–H and O–H groups in total. The predicted octanol–water partition coefficient (Wildman–Crippen LogP) is 7.10. The molecule has 2 unspecified atom stereocenters. The van der Waals surface area contributed by atoms with Gasteiger partial charge < -0.3 is 24.1 Å². The van der Waals surface area contributed by atoms with Crippen molar-refractivity contribution in [1.29, 1.82) is 0 Å². The molecule has 198 valence electrons. The van der Waals surface area contributed by atoms with Gasteiger partial charge in [-0.1, -0.05) is 42.5 Å². The topological polar surface area (TPSA) is 76.8 Å². The van der Waals surface area contributed by atoms with E-state index in [0.29, 0.717) is 33.5 Å². The summed E-state index contributed by atoms with van der Waals surface area (Å²) in [4.78, 5) is 19.0. The minimum atomic E-state index is -0.428. The number of carbonyl (C=O) groups is 1. The van der Waals surface area contributed by atoms with Crippen molar-refractivity contribution in [2.24, 2.45) is 0 Å². The summed E-state index contributed by atoms with van der Waals surface area (Å²) >= 11 is 5.84. The molecule has 2 aromatic heterocycles. The molecule has 0 bridgehead atoms. The molecule has 3 heterocycles. The largest absolute Gasteiger partial charge is 0.465 e. The zero-order valence-corrected chi connectivity index (χ0v) is 22.4. The van der Waals surface area contributed by atoms with E-state index in [1.54, 1.807) is 18.3 Å². The molecule has 6 rings (SSSR count). The van der Waals surface area contributed by atoms with Gasteiger partial charge in [-0.15, -0.1) is 0 Å². The molecule has 5 aromatic rings.